The summed E-state index contributed by atoms with van der Waals surface area (Å²) in [6.45, 7) is 5.30. The van der Waals surface area contributed by atoms with Gasteiger partial charge in [-0.05, 0) is 43.2 Å². The van der Waals surface area contributed by atoms with E-state index in [1.807, 2.05) is 0 Å². The molecular weight excluding hydrogens is 234 g/mol. The monoisotopic (exact) mass is 259 g/mol. The summed E-state index contributed by atoms with van der Waals surface area (Å²) in [6.07, 6.45) is 3.80. The van der Waals surface area contributed by atoms with E-state index in [0.29, 0.717) is 6.04 Å². The summed E-state index contributed by atoms with van der Waals surface area (Å²) >= 11 is 0. The molecule has 0 bridgehead atoms. The van der Waals surface area contributed by atoms with Crippen molar-refractivity contribution in [2.24, 2.45) is 11.8 Å². The molecule has 1 aliphatic carbocycles. The van der Waals surface area contributed by atoms with Crippen molar-refractivity contribution in [3.05, 3.63) is 35.9 Å². The van der Waals surface area contributed by atoms with Gasteiger partial charge < -0.3 is 10.1 Å². The van der Waals surface area contributed by atoms with Crippen LogP contribution in [0.25, 0.3) is 0 Å². The van der Waals surface area contributed by atoms with Crippen molar-refractivity contribution < 1.29 is 4.74 Å². The average Bonchev–Trinajstić information content (AvgIpc) is 3.05. The molecule has 0 aromatic heterocycles. The molecule has 0 spiro atoms. The Hall–Kier alpha value is -0.860. The lowest BCUT2D eigenvalue weighted by atomic mass is 9.92. The van der Waals surface area contributed by atoms with Crippen molar-refractivity contribution in [2.75, 3.05) is 19.8 Å². The largest absolute Gasteiger partial charge is 0.381 e. The fourth-order valence-corrected chi connectivity index (χ4v) is 3.51. The molecule has 2 fully saturated rings. The minimum atomic E-state index is 0.660. The smallest absolute Gasteiger partial charge is 0.0510 e. The second-order valence-corrected chi connectivity index (χ2v) is 6.02. The van der Waals surface area contributed by atoms with Gasteiger partial charge in [0.25, 0.3) is 0 Å². The van der Waals surface area contributed by atoms with Gasteiger partial charge in [0.2, 0.25) is 0 Å². The van der Waals surface area contributed by atoms with Crippen LogP contribution >= 0.6 is 0 Å². The highest BCUT2D eigenvalue weighted by atomic mass is 16.5. The molecule has 104 valence electrons. The molecule has 1 N–H and O–H groups in total. The lowest BCUT2D eigenvalue weighted by molar-refractivity contribution is 0.173. The number of benzene rings is 1. The molecule has 1 aliphatic heterocycles. The van der Waals surface area contributed by atoms with Crippen molar-refractivity contribution in [1.82, 2.24) is 5.32 Å². The van der Waals surface area contributed by atoms with Crippen LogP contribution in [-0.2, 0) is 4.74 Å². The maximum Gasteiger partial charge on any atom is 0.0510 e. The summed E-state index contributed by atoms with van der Waals surface area (Å²) in [5.41, 5.74) is 1.52. The summed E-state index contributed by atoms with van der Waals surface area (Å²) in [4.78, 5) is 0. The van der Waals surface area contributed by atoms with Crippen LogP contribution in [0.5, 0.6) is 0 Å². The van der Waals surface area contributed by atoms with Crippen molar-refractivity contribution in [1.29, 1.82) is 0 Å². The molecule has 1 saturated carbocycles. The first-order valence-electron chi connectivity index (χ1n) is 7.76. The third-order valence-electron chi connectivity index (χ3n) is 4.63. The average molecular weight is 259 g/mol. The maximum atomic E-state index is 5.60. The molecule has 4 unspecified atom stereocenters. The second kappa shape index (κ2) is 6.06. The number of rotatable bonds is 6. The van der Waals surface area contributed by atoms with Crippen LogP contribution in [-0.4, -0.2) is 25.8 Å². The van der Waals surface area contributed by atoms with E-state index in [-0.39, 0.29) is 0 Å². The lowest BCUT2D eigenvalue weighted by Crippen LogP contribution is -2.39. The predicted molar refractivity (Wildman–Crippen MR) is 78.3 cm³/mol. The number of nitrogens with one attached hydrogen (secondary N) is 1. The van der Waals surface area contributed by atoms with Crippen molar-refractivity contribution >= 4 is 0 Å². The van der Waals surface area contributed by atoms with Gasteiger partial charge in [0, 0.05) is 18.6 Å². The van der Waals surface area contributed by atoms with Gasteiger partial charge in [0.15, 0.2) is 0 Å². The first-order chi connectivity index (χ1) is 9.40. The Morgan fingerprint density at radius 3 is 2.84 bits per heavy atom. The summed E-state index contributed by atoms with van der Waals surface area (Å²) in [5, 5.41) is 3.79. The van der Waals surface area contributed by atoms with E-state index in [9.17, 15) is 0 Å². The van der Waals surface area contributed by atoms with E-state index < -0.39 is 0 Å². The third kappa shape index (κ3) is 3.01. The topological polar surface area (TPSA) is 21.3 Å². The number of ether oxygens (including phenoxy) is 1. The SMILES string of the molecule is CCCNC(C1CCOC1)C1CC1c1ccccc1. The molecule has 3 rings (SSSR count). The molecule has 19 heavy (non-hydrogen) atoms. The van der Waals surface area contributed by atoms with Gasteiger partial charge in [-0.1, -0.05) is 37.3 Å². The van der Waals surface area contributed by atoms with E-state index >= 15 is 0 Å². The van der Waals surface area contributed by atoms with Gasteiger partial charge in [0.05, 0.1) is 6.61 Å². The minimum Gasteiger partial charge on any atom is -0.381 e. The highest BCUT2D eigenvalue weighted by Crippen LogP contribution is 2.51. The predicted octanol–water partition coefficient (Wildman–Crippen LogP) is 3.19. The zero-order chi connectivity index (χ0) is 13.1. The Morgan fingerprint density at radius 1 is 1.32 bits per heavy atom. The molecule has 2 aliphatic rings. The molecular formula is C17H25NO. The third-order valence-corrected chi connectivity index (χ3v) is 4.63. The van der Waals surface area contributed by atoms with Crippen molar-refractivity contribution in [3.8, 4) is 0 Å². The van der Waals surface area contributed by atoms with Gasteiger partial charge >= 0.3 is 0 Å². The van der Waals surface area contributed by atoms with Gasteiger partial charge in [0.1, 0.15) is 0 Å². The van der Waals surface area contributed by atoms with Crippen molar-refractivity contribution in [2.45, 2.75) is 38.1 Å². The fraction of sp³-hybridized carbons (Fsp3) is 0.647. The van der Waals surface area contributed by atoms with Crippen LogP contribution in [0.3, 0.4) is 0 Å². The fourth-order valence-electron chi connectivity index (χ4n) is 3.51. The van der Waals surface area contributed by atoms with E-state index in [1.165, 1.54) is 24.8 Å². The number of hydrogen-bond acceptors (Lipinski definition) is 2. The van der Waals surface area contributed by atoms with Crippen LogP contribution in [0, 0.1) is 11.8 Å². The van der Waals surface area contributed by atoms with Gasteiger partial charge in [-0.3, -0.25) is 0 Å². The minimum absolute atomic E-state index is 0.660. The molecule has 2 heteroatoms. The second-order valence-electron chi connectivity index (χ2n) is 6.02. The Kier molecular flexibility index (Phi) is 4.19. The molecule has 1 heterocycles. The molecule has 1 aromatic carbocycles. The molecule has 4 atom stereocenters. The maximum absolute atomic E-state index is 5.60. The first-order valence-corrected chi connectivity index (χ1v) is 7.76. The highest BCUT2D eigenvalue weighted by Gasteiger charge is 2.46. The van der Waals surface area contributed by atoms with Crippen LogP contribution in [0.15, 0.2) is 30.3 Å². The summed E-state index contributed by atoms with van der Waals surface area (Å²) < 4.78 is 5.60. The van der Waals surface area contributed by atoms with E-state index in [4.69, 9.17) is 4.74 Å². The summed E-state index contributed by atoms with van der Waals surface area (Å²) in [7, 11) is 0. The first kappa shape index (κ1) is 13.1. The Bertz CT molecular complexity index is 386. The Labute approximate surface area is 116 Å². The van der Waals surface area contributed by atoms with Crippen LogP contribution in [0.4, 0.5) is 0 Å². The van der Waals surface area contributed by atoms with E-state index in [2.05, 4.69) is 42.6 Å². The molecule has 0 radical (unpaired) electrons. The summed E-state index contributed by atoms with van der Waals surface area (Å²) in [6, 6.07) is 11.7. The Balaban J connectivity index is 1.64. The summed E-state index contributed by atoms with van der Waals surface area (Å²) in [5.74, 6) is 2.32. The molecule has 0 amide bonds. The van der Waals surface area contributed by atoms with Crippen molar-refractivity contribution in [3.63, 3.8) is 0 Å². The van der Waals surface area contributed by atoms with Crippen LogP contribution < -0.4 is 5.32 Å². The standard InChI is InChI=1S/C17H25NO/c1-2-9-18-17(14-8-10-19-12-14)16-11-15(16)13-6-4-3-5-7-13/h3-7,14-18H,2,8-12H2,1H3. The Morgan fingerprint density at radius 2 is 2.16 bits per heavy atom. The molecule has 1 saturated heterocycles. The zero-order valence-corrected chi connectivity index (χ0v) is 11.8. The molecule has 1 aromatic rings. The highest BCUT2D eigenvalue weighted by molar-refractivity contribution is 5.27. The van der Waals surface area contributed by atoms with E-state index in [0.717, 1.165) is 37.5 Å². The lowest BCUT2D eigenvalue weighted by Gasteiger charge is -2.24. The van der Waals surface area contributed by atoms with Crippen LogP contribution in [0.2, 0.25) is 0 Å². The van der Waals surface area contributed by atoms with E-state index in [1.54, 1.807) is 0 Å². The quantitative estimate of drug-likeness (QED) is 0.847. The molecule has 2 nitrogen and oxygen atoms in total. The normalized spacial score (nSPS) is 31.3. The van der Waals surface area contributed by atoms with Gasteiger partial charge in [-0.25, -0.2) is 0 Å². The van der Waals surface area contributed by atoms with Gasteiger partial charge in [-0.15, -0.1) is 0 Å². The van der Waals surface area contributed by atoms with Gasteiger partial charge in [-0.2, -0.15) is 0 Å². The number of hydrogen-bond donors (Lipinski definition) is 1. The zero-order valence-electron chi connectivity index (χ0n) is 11.8. The van der Waals surface area contributed by atoms with Crippen LogP contribution in [0.1, 0.15) is 37.7 Å².